The fourth-order valence-corrected chi connectivity index (χ4v) is 1.70. The van der Waals surface area contributed by atoms with Crippen molar-refractivity contribution in [3.63, 3.8) is 0 Å². The van der Waals surface area contributed by atoms with E-state index >= 15 is 0 Å². The van der Waals surface area contributed by atoms with Gasteiger partial charge in [0.05, 0.1) is 18.6 Å². The van der Waals surface area contributed by atoms with Gasteiger partial charge in [0.15, 0.2) is 0 Å². The zero-order chi connectivity index (χ0) is 15.4. The Morgan fingerprint density at radius 3 is 2.40 bits per heavy atom. The monoisotopic (exact) mass is 294 g/mol. The minimum Gasteiger partial charge on any atom is -0.477 e. The van der Waals surface area contributed by atoms with Crippen molar-refractivity contribution in [3.8, 4) is 0 Å². The summed E-state index contributed by atoms with van der Waals surface area (Å²) in [6.45, 7) is 1.38. The highest BCUT2D eigenvalue weighted by Gasteiger charge is 2.62. The van der Waals surface area contributed by atoms with Crippen LogP contribution in [0, 0.1) is 10.8 Å². The molecule has 0 atom stereocenters. The standard InChI is InChI=1S/C12H17F3N2O3/c1-2-19-10(18)8(7-16)9(17)20-6-5-11(3-4-11)12(13,14)15/h7,17H,2-6,16H2,1H3/b8-7+,17-9?. The van der Waals surface area contributed by atoms with Crippen molar-refractivity contribution in [2.24, 2.45) is 11.1 Å². The molecule has 0 aromatic heterocycles. The summed E-state index contributed by atoms with van der Waals surface area (Å²) in [5.74, 6) is -1.42. The third kappa shape index (κ3) is 3.64. The van der Waals surface area contributed by atoms with Crippen LogP contribution in [0.4, 0.5) is 13.2 Å². The number of halogens is 3. The highest BCUT2D eigenvalue weighted by molar-refractivity contribution is 6.15. The molecular weight excluding hydrogens is 277 g/mol. The van der Waals surface area contributed by atoms with Gasteiger partial charge >= 0.3 is 12.1 Å². The first kappa shape index (κ1) is 16.3. The third-order valence-corrected chi connectivity index (χ3v) is 3.19. The first-order chi connectivity index (χ1) is 9.27. The molecule has 3 N–H and O–H groups in total. The summed E-state index contributed by atoms with van der Waals surface area (Å²) in [5, 5.41) is 7.49. The number of nitrogens with two attached hydrogens (primary N) is 1. The molecule has 114 valence electrons. The van der Waals surface area contributed by atoms with Crippen LogP contribution in [0.3, 0.4) is 0 Å². The van der Waals surface area contributed by atoms with Crippen LogP contribution in [-0.4, -0.2) is 31.3 Å². The normalized spacial score (nSPS) is 17.5. The molecule has 1 fully saturated rings. The number of esters is 1. The minimum atomic E-state index is -4.26. The molecule has 0 amide bonds. The molecule has 0 aromatic carbocycles. The van der Waals surface area contributed by atoms with Crippen LogP contribution in [0.5, 0.6) is 0 Å². The number of rotatable bonds is 6. The summed E-state index contributed by atoms with van der Waals surface area (Å²) < 4.78 is 47.5. The van der Waals surface area contributed by atoms with Crippen LogP contribution in [-0.2, 0) is 14.3 Å². The van der Waals surface area contributed by atoms with E-state index in [9.17, 15) is 18.0 Å². The van der Waals surface area contributed by atoms with Crippen molar-refractivity contribution in [1.29, 1.82) is 5.41 Å². The lowest BCUT2D eigenvalue weighted by molar-refractivity contribution is -0.190. The summed E-state index contributed by atoms with van der Waals surface area (Å²) in [6.07, 6.45) is -3.50. The van der Waals surface area contributed by atoms with Gasteiger partial charge in [-0.05, 0) is 26.2 Å². The number of nitrogens with one attached hydrogen (secondary N) is 1. The van der Waals surface area contributed by atoms with E-state index in [-0.39, 0.29) is 38.0 Å². The number of ether oxygens (including phenoxy) is 2. The Morgan fingerprint density at radius 1 is 1.40 bits per heavy atom. The quantitative estimate of drug-likeness (QED) is 0.340. The van der Waals surface area contributed by atoms with E-state index in [2.05, 4.69) is 4.74 Å². The van der Waals surface area contributed by atoms with E-state index < -0.39 is 23.5 Å². The van der Waals surface area contributed by atoms with Crippen LogP contribution >= 0.6 is 0 Å². The van der Waals surface area contributed by atoms with Crippen molar-refractivity contribution in [2.45, 2.75) is 32.4 Å². The van der Waals surface area contributed by atoms with Crippen LogP contribution in [0.25, 0.3) is 0 Å². The fraction of sp³-hybridized carbons (Fsp3) is 0.667. The highest BCUT2D eigenvalue weighted by atomic mass is 19.4. The average Bonchev–Trinajstić information content (AvgIpc) is 3.10. The van der Waals surface area contributed by atoms with E-state index in [0.717, 1.165) is 6.20 Å². The van der Waals surface area contributed by atoms with Gasteiger partial charge in [-0.2, -0.15) is 13.2 Å². The summed E-state index contributed by atoms with van der Waals surface area (Å²) >= 11 is 0. The van der Waals surface area contributed by atoms with Crippen LogP contribution in [0.2, 0.25) is 0 Å². The van der Waals surface area contributed by atoms with Crippen molar-refractivity contribution >= 4 is 11.9 Å². The number of carbonyl (C=O) groups excluding carboxylic acids is 1. The number of carbonyl (C=O) groups is 1. The highest BCUT2D eigenvalue weighted by Crippen LogP contribution is 2.59. The maximum atomic E-state index is 12.7. The van der Waals surface area contributed by atoms with E-state index in [1.807, 2.05) is 0 Å². The Kier molecular flexibility index (Phi) is 5.02. The smallest absolute Gasteiger partial charge is 0.394 e. The lowest BCUT2D eigenvalue weighted by Crippen LogP contribution is -2.27. The van der Waals surface area contributed by atoms with E-state index in [1.54, 1.807) is 6.92 Å². The molecular formula is C12H17F3N2O3. The maximum absolute atomic E-state index is 12.7. The molecule has 1 rings (SSSR count). The maximum Gasteiger partial charge on any atom is 0.394 e. The number of alkyl halides is 3. The van der Waals surface area contributed by atoms with Crippen LogP contribution < -0.4 is 5.73 Å². The molecule has 0 bridgehead atoms. The van der Waals surface area contributed by atoms with Crippen molar-refractivity contribution in [2.75, 3.05) is 13.2 Å². The predicted molar refractivity (Wildman–Crippen MR) is 64.9 cm³/mol. The Hall–Kier alpha value is -1.73. The second-order valence-corrected chi connectivity index (χ2v) is 4.51. The van der Waals surface area contributed by atoms with Gasteiger partial charge in [0.25, 0.3) is 0 Å². The lowest BCUT2D eigenvalue weighted by atomic mass is 10.0. The van der Waals surface area contributed by atoms with E-state index in [1.165, 1.54) is 0 Å². The van der Waals surface area contributed by atoms with Gasteiger partial charge in [-0.15, -0.1) is 0 Å². The molecule has 0 aliphatic heterocycles. The largest absolute Gasteiger partial charge is 0.477 e. The van der Waals surface area contributed by atoms with E-state index in [4.69, 9.17) is 15.9 Å². The Morgan fingerprint density at radius 2 is 2.00 bits per heavy atom. The Labute approximate surface area is 114 Å². The zero-order valence-electron chi connectivity index (χ0n) is 11.0. The lowest BCUT2D eigenvalue weighted by Gasteiger charge is -2.19. The molecule has 0 heterocycles. The third-order valence-electron chi connectivity index (χ3n) is 3.19. The fourth-order valence-electron chi connectivity index (χ4n) is 1.70. The predicted octanol–water partition coefficient (Wildman–Crippen LogP) is 2.12. The first-order valence-electron chi connectivity index (χ1n) is 6.15. The topological polar surface area (TPSA) is 85.4 Å². The van der Waals surface area contributed by atoms with Crippen LogP contribution in [0.15, 0.2) is 11.8 Å². The van der Waals surface area contributed by atoms with Gasteiger partial charge in [0, 0.05) is 6.20 Å². The molecule has 0 saturated heterocycles. The van der Waals surface area contributed by atoms with Gasteiger partial charge in [-0.1, -0.05) is 0 Å². The molecule has 0 radical (unpaired) electrons. The van der Waals surface area contributed by atoms with Crippen molar-refractivity contribution < 1.29 is 27.4 Å². The van der Waals surface area contributed by atoms with Gasteiger partial charge in [-0.3, -0.25) is 5.41 Å². The SMILES string of the molecule is CCOC(=O)/C(=C/N)C(=N)OCCC1(C(F)(F)F)CC1. The van der Waals surface area contributed by atoms with Gasteiger partial charge < -0.3 is 15.2 Å². The Bertz CT molecular complexity index is 415. The molecule has 1 aliphatic carbocycles. The first-order valence-corrected chi connectivity index (χ1v) is 6.15. The second kappa shape index (κ2) is 6.15. The summed E-state index contributed by atoms with van der Waals surface area (Å²) in [6, 6.07) is 0. The Balaban J connectivity index is 2.46. The number of hydrogen-bond acceptors (Lipinski definition) is 5. The summed E-state index contributed by atoms with van der Waals surface area (Å²) in [7, 11) is 0. The molecule has 0 aromatic rings. The van der Waals surface area contributed by atoms with Crippen LogP contribution in [0.1, 0.15) is 26.2 Å². The molecule has 0 unspecified atom stereocenters. The molecule has 1 aliphatic rings. The summed E-state index contributed by atoms with van der Waals surface area (Å²) in [5.41, 5.74) is 3.19. The zero-order valence-corrected chi connectivity index (χ0v) is 11.0. The average molecular weight is 294 g/mol. The van der Waals surface area contributed by atoms with Gasteiger partial charge in [-0.25, -0.2) is 4.79 Å². The molecule has 0 spiro atoms. The van der Waals surface area contributed by atoms with Crippen molar-refractivity contribution in [3.05, 3.63) is 11.8 Å². The van der Waals surface area contributed by atoms with E-state index in [0.29, 0.717) is 0 Å². The molecule has 5 nitrogen and oxygen atoms in total. The second-order valence-electron chi connectivity index (χ2n) is 4.51. The van der Waals surface area contributed by atoms with Gasteiger partial charge in [0.2, 0.25) is 5.90 Å². The molecule has 8 heteroatoms. The molecule has 20 heavy (non-hydrogen) atoms. The molecule has 1 saturated carbocycles. The number of hydrogen-bond donors (Lipinski definition) is 2. The minimum absolute atomic E-state index is 0.0741. The van der Waals surface area contributed by atoms with Crippen molar-refractivity contribution in [1.82, 2.24) is 0 Å². The summed E-state index contributed by atoms with van der Waals surface area (Å²) in [4.78, 5) is 11.4. The van der Waals surface area contributed by atoms with Gasteiger partial charge in [0.1, 0.15) is 5.57 Å².